The van der Waals surface area contributed by atoms with Gasteiger partial charge in [0.15, 0.2) is 12.2 Å². The van der Waals surface area contributed by atoms with Crippen molar-refractivity contribution in [3.63, 3.8) is 0 Å². The van der Waals surface area contributed by atoms with Crippen LogP contribution in [0.15, 0.2) is 0 Å². The van der Waals surface area contributed by atoms with E-state index in [4.69, 9.17) is 9.84 Å². The number of thioether (sulfide) groups is 1. The second-order valence-electron chi connectivity index (χ2n) is 3.19. The Labute approximate surface area is 87.0 Å². The molecule has 0 amide bonds. The van der Waals surface area contributed by atoms with Crippen LogP contribution in [0.1, 0.15) is 26.2 Å². The van der Waals surface area contributed by atoms with Crippen molar-refractivity contribution >= 4 is 22.8 Å². The number of carbonyl (C=O) groups excluding carboxylic acids is 1. The van der Waals surface area contributed by atoms with Gasteiger partial charge < -0.3 is 9.84 Å². The highest BCUT2D eigenvalue weighted by Crippen LogP contribution is 2.27. The van der Waals surface area contributed by atoms with Crippen molar-refractivity contribution in [3.8, 4) is 0 Å². The maximum absolute atomic E-state index is 11.3. The van der Waals surface area contributed by atoms with Gasteiger partial charge in [0.25, 0.3) is 0 Å². The molecule has 0 spiro atoms. The van der Waals surface area contributed by atoms with Gasteiger partial charge >= 0.3 is 5.97 Å². The van der Waals surface area contributed by atoms with Gasteiger partial charge in [0.05, 0.1) is 0 Å². The van der Waals surface area contributed by atoms with E-state index in [-0.39, 0.29) is 5.12 Å². The zero-order valence-corrected chi connectivity index (χ0v) is 8.88. The van der Waals surface area contributed by atoms with E-state index in [1.807, 2.05) is 0 Å². The standard InChI is InChI=1S/C9H14O4S/c1-2-3-4-5-14-9(12)7-6(13-7)8(10)11/h6-7H,2-5H2,1H3,(H,10,11)/t6-,7+/m0/s1. The fraction of sp³-hybridized carbons (Fsp3) is 0.778. The molecule has 1 rings (SSSR count). The Kier molecular flexibility index (Phi) is 4.41. The first-order valence-electron chi connectivity index (χ1n) is 4.71. The van der Waals surface area contributed by atoms with Crippen LogP contribution in [0.5, 0.6) is 0 Å². The third-order valence-corrected chi connectivity index (χ3v) is 2.97. The summed E-state index contributed by atoms with van der Waals surface area (Å²) in [6.07, 6.45) is 1.64. The number of unbranched alkanes of at least 4 members (excludes halogenated alkanes) is 2. The van der Waals surface area contributed by atoms with Crippen molar-refractivity contribution in [2.24, 2.45) is 0 Å². The van der Waals surface area contributed by atoms with E-state index in [1.54, 1.807) is 0 Å². The number of aliphatic carboxylic acids is 1. The summed E-state index contributed by atoms with van der Waals surface area (Å²) in [5.74, 6) is -0.281. The summed E-state index contributed by atoms with van der Waals surface area (Å²) in [4.78, 5) is 21.6. The van der Waals surface area contributed by atoms with E-state index in [1.165, 1.54) is 11.8 Å². The van der Waals surface area contributed by atoms with Crippen LogP contribution in [0.25, 0.3) is 0 Å². The van der Waals surface area contributed by atoms with Crippen LogP contribution in [-0.4, -0.2) is 34.2 Å². The van der Waals surface area contributed by atoms with Crippen molar-refractivity contribution in [1.29, 1.82) is 0 Å². The van der Waals surface area contributed by atoms with E-state index < -0.39 is 18.2 Å². The molecular formula is C9H14O4S. The van der Waals surface area contributed by atoms with E-state index in [0.717, 1.165) is 25.0 Å². The van der Waals surface area contributed by atoms with Gasteiger partial charge in [0.1, 0.15) is 0 Å². The molecule has 4 nitrogen and oxygen atoms in total. The summed E-state index contributed by atoms with van der Waals surface area (Å²) in [5.41, 5.74) is 0. The fourth-order valence-electron chi connectivity index (χ4n) is 1.09. The van der Waals surface area contributed by atoms with Crippen molar-refractivity contribution < 1.29 is 19.4 Å². The molecule has 0 saturated carbocycles. The minimum Gasteiger partial charge on any atom is -0.479 e. The summed E-state index contributed by atoms with van der Waals surface area (Å²) in [5, 5.41) is 8.35. The van der Waals surface area contributed by atoms with Gasteiger partial charge in [-0.2, -0.15) is 0 Å². The summed E-state index contributed by atoms with van der Waals surface area (Å²) < 4.78 is 4.73. The molecule has 0 aromatic rings. The minimum atomic E-state index is -1.04. The summed E-state index contributed by atoms with van der Waals surface area (Å²) in [7, 11) is 0. The van der Waals surface area contributed by atoms with Crippen LogP contribution in [0.2, 0.25) is 0 Å². The number of hydrogen-bond acceptors (Lipinski definition) is 4. The predicted octanol–water partition coefficient (Wildman–Crippen LogP) is 1.29. The lowest BCUT2D eigenvalue weighted by Gasteiger charge is -1.96. The Morgan fingerprint density at radius 1 is 1.36 bits per heavy atom. The van der Waals surface area contributed by atoms with E-state index >= 15 is 0 Å². The van der Waals surface area contributed by atoms with Gasteiger partial charge in [-0.15, -0.1) is 0 Å². The third kappa shape index (κ3) is 3.31. The molecule has 0 aliphatic carbocycles. The Bertz CT molecular complexity index is 229. The van der Waals surface area contributed by atoms with Gasteiger partial charge in [0.2, 0.25) is 5.12 Å². The van der Waals surface area contributed by atoms with Crippen LogP contribution < -0.4 is 0 Å². The van der Waals surface area contributed by atoms with Gasteiger partial charge in [-0.1, -0.05) is 31.5 Å². The molecule has 1 heterocycles. The predicted molar refractivity (Wildman–Crippen MR) is 53.3 cm³/mol. The molecule has 80 valence electrons. The minimum absolute atomic E-state index is 0.145. The van der Waals surface area contributed by atoms with Crippen LogP contribution in [0.4, 0.5) is 0 Å². The molecule has 5 heteroatoms. The summed E-state index contributed by atoms with van der Waals surface area (Å²) in [6.45, 7) is 2.09. The molecule has 1 saturated heterocycles. The molecule has 14 heavy (non-hydrogen) atoms. The molecule has 0 aromatic heterocycles. The van der Waals surface area contributed by atoms with Gasteiger partial charge in [-0.25, -0.2) is 4.79 Å². The van der Waals surface area contributed by atoms with Crippen LogP contribution >= 0.6 is 11.8 Å². The number of ether oxygens (including phenoxy) is 1. The van der Waals surface area contributed by atoms with Crippen LogP contribution in [0.3, 0.4) is 0 Å². The topological polar surface area (TPSA) is 66.9 Å². The number of hydrogen-bond donors (Lipinski definition) is 1. The number of rotatable bonds is 6. The van der Waals surface area contributed by atoms with Crippen molar-refractivity contribution in [1.82, 2.24) is 0 Å². The summed E-state index contributed by atoms with van der Waals surface area (Å²) >= 11 is 1.18. The Balaban J connectivity index is 2.09. The van der Waals surface area contributed by atoms with Crippen LogP contribution in [-0.2, 0) is 14.3 Å². The zero-order valence-electron chi connectivity index (χ0n) is 8.06. The molecule has 0 unspecified atom stereocenters. The fourth-order valence-corrected chi connectivity index (χ4v) is 1.98. The first-order valence-corrected chi connectivity index (χ1v) is 5.70. The smallest absolute Gasteiger partial charge is 0.336 e. The largest absolute Gasteiger partial charge is 0.479 e. The van der Waals surface area contributed by atoms with Crippen molar-refractivity contribution in [2.75, 3.05) is 5.75 Å². The lowest BCUT2D eigenvalue weighted by Crippen LogP contribution is -2.13. The van der Waals surface area contributed by atoms with Crippen LogP contribution in [0, 0.1) is 0 Å². The highest BCUT2D eigenvalue weighted by molar-refractivity contribution is 8.13. The molecular weight excluding hydrogens is 204 g/mol. The van der Waals surface area contributed by atoms with Gasteiger partial charge in [-0.05, 0) is 6.42 Å². The molecule has 0 radical (unpaired) electrons. The normalized spacial score (nSPS) is 24.6. The van der Waals surface area contributed by atoms with E-state index in [2.05, 4.69) is 6.92 Å². The molecule has 0 bridgehead atoms. The Morgan fingerprint density at radius 2 is 2.07 bits per heavy atom. The average Bonchev–Trinajstić information content (AvgIpc) is 2.91. The highest BCUT2D eigenvalue weighted by Gasteiger charge is 2.50. The average molecular weight is 218 g/mol. The molecule has 1 aliphatic heterocycles. The molecule has 2 atom stereocenters. The first-order chi connectivity index (χ1) is 6.66. The Morgan fingerprint density at radius 3 is 2.57 bits per heavy atom. The highest BCUT2D eigenvalue weighted by atomic mass is 32.2. The van der Waals surface area contributed by atoms with Gasteiger partial charge in [0, 0.05) is 5.75 Å². The molecule has 1 aliphatic rings. The quantitative estimate of drug-likeness (QED) is 0.537. The van der Waals surface area contributed by atoms with Gasteiger partial charge in [-0.3, -0.25) is 4.79 Å². The molecule has 0 aromatic carbocycles. The van der Waals surface area contributed by atoms with E-state index in [0.29, 0.717) is 0 Å². The lowest BCUT2D eigenvalue weighted by molar-refractivity contribution is -0.138. The number of carboxylic acids is 1. The van der Waals surface area contributed by atoms with Crippen molar-refractivity contribution in [3.05, 3.63) is 0 Å². The maximum atomic E-state index is 11.3. The molecule has 1 N–H and O–H groups in total. The lowest BCUT2D eigenvalue weighted by atomic mass is 10.3. The SMILES string of the molecule is CCCCCSC(=O)[C@@H]1O[C@@H]1C(=O)O. The van der Waals surface area contributed by atoms with Crippen molar-refractivity contribution in [2.45, 2.75) is 38.4 Å². The number of carboxylic acid groups (broad SMARTS) is 1. The number of carbonyl (C=O) groups is 2. The summed E-state index contributed by atoms with van der Waals surface area (Å²) in [6, 6.07) is 0. The third-order valence-electron chi connectivity index (χ3n) is 1.96. The molecule has 1 fully saturated rings. The van der Waals surface area contributed by atoms with E-state index in [9.17, 15) is 9.59 Å². The number of epoxide rings is 1. The second kappa shape index (κ2) is 5.36. The second-order valence-corrected chi connectivity index (χ2v) is 4.29. The monoisotopic (exact) mass is 218 g/mol. The Hall–Kier alpha value is -0.550. The first kappa shape index (κ1) is 11.5. The zero-order chi connectivity index (χ0) is 10.6. The maximum Gasteiger partial charge on any atom is 0.336 e.